The summed E-state index contributed by atoms with van der Waals surface area (Å²) in [4.78, 5) is 13.6. The van der Waals surface area contributed by atoms with E-state index in [1.165, 1.54) is 11.8 Å². The fourth-order valence-electron chi connectivity index (χ4n) is 2.75. The number of aromatic nitrogens is 2. The number of hydrogen-bond acceptors (Lipinski definition) is 7. The van der Waals surface area contributed by atoms with Crippen LogP contribution in [0.2, 0.25) is 0 Å². The van der Waals surface area contributed by atoms with Gasteiger partial charge >= 0.3 is 0 Å². The Balaban J connectivity index is 1.40. The standard InChI is InChI=1S/C20H19N3O4S/c1-23(2)19(24)14-7-5-6-13(10-14)12-28-20-22-21-18(27-20)17-11-25-15-8-3-4-9-16(15)26-17/h3-10,17H,11-12H2,1-2H3. The topological polar surface area (TPSA) is 77.7 Å². The highest BCUT2D eigenvalue weighted by Gasteiger charge is 2.27. The van der Waals surface area contributed by atoms with Gasteiger partial charge in [-0.25, -0.2) is 0 Å². The number of amides is 1. The van der Waals surface area contributed by atoms with Gasteiger partial charge in [0.2, 0.25) is 6.10 Å². The molecule has 0 aliphatic carbocycles. The van der Waals surface area contributed by atoms with Crippen LogP contribution in [0.1, 0.15) is 27.9 Å². The molecule has 0 fully saturated rings. The highest BCUT2D eigenvalue weighted by molar-refractivity contribution is 7.98. The van der Waals surface area contributed by atoms with Crippen molar-refractivity contribution in [1.82, 2.24) is 15.1 Å². The largest absolute Gasteiger partial charge is 0.485 e. The van der Waals surface area contributed by atoms with E-state index in [0.29, 0.717) is 40.5 Å². The highest BCUT2D eigenvalue weighted by atomic mass is 32.2. The Morgan fingerprint density at radius 3 is 2.79 bits per heavy atom. The van der Waals surface area contributed by atoms with Crippen molar-refractivity contribution in [2.45, 2.75) is 17.1 Å². The Labute approximate surface area is 166 Å². The maximum atomic E-state index is 12.1. The molecular weight excluding hydrogens is 378 g/mol. The summed E-state index contributed by atoms with van der Waals surface area (Å²) < 4.78 is 17.3. The molecule has 0 saturated carbocycles. The van der Waals surface area contributed by atoms with Crippen LogP contribution in [0.25, 0.3) is 0 Å². The van der Waals surface area contributed by atoms with Crippen molar-refractivity contribution in [2.75, 3.05) is 20.7 Å². The van der Waals surface area contributed by atoms with E-state index in [1.807, 2.05) is 42.5 Å². The number of thioether (sulfide) groups is 1. The first-order valence-electron chi connectivity index (χ1n) is 8.75. The summed E-state index contributed by atoms with van der Waals surface area (Å²) in [7, 11) is 3.47. The van der Waals surface area contributed by atoms with Gasteiger partial charge < -0.3 is 18.8 Å². The molecule has 0 spiro atoms. The van der Waals surface area contributed by atoms with Gasteiger partial charge in [-0.2, -0.15) is 0 Å². The van der Waals surface area contributed by atoms with Gasteiger partial charge in [-0.05, 0) is 29.8 Å². The van der Waals surface area contributed by atoms with Crippen LogP contribution in [0.5, 0.6) is 11.5 Å². The number of carbonyl (C=O) groups excluding carboxylic acids is 1. The second-order valence-corrected chi connectivity index (χ2v) is 7.39. The zero-order valence-corrected chi connectivity index (χ0v) is 16.3. The predicted molar refractivity (Wildman–Crippen MR) is 104 cm³/mol. The van der Waals surface area contributed by atoms with Crippen LogP contribution in [0.15, 0.2) is 58.2 Å². The first-order chi connectivity index (χ1) is 13.6. The molecule has 1 atom stereocenters. The lowest BCUT2D eigenvalue weighted by atomic mass is 10.1. The fraction of sp³-hybridized carbons (Fsp3) is 0.250. The number of rotatable bonds is 5. The molecule has 0 radical (unpaired) electrons. The molecule has 28 heavy (non-hydrogen) atoms. The van der Waals surface area contributed by atoms with Gasteiger partial charge in [0.15, 0.2) is 11.5 Å². The molecule has 1 aromatic heterocycles. The van der Waals surface area contributed by atoms with Gasteiger partial charge in [-0.1, -0.05) is 36.0 Å². The lowest BCUT2D eigenvalue weighted by Gasteiger charge is -2.23. The molecule has 3 aromatic rings. The van der Waals surface area contributed by atoms with E-state index in [1.54, 1.807) is 25.1 Å². The van der Waals surface area contributed by atoms with E-state index in [0.717, 1.165) is 5.56 Å². The van der Waals surface area contributed by atoms with Gasteiger partial charge in [0, 0.05) is 25.4 Å². The van der Waals surface area contributed by atoms with Crippen molar-refractivity contribution < 1.29 is 18.7 Å². The summed E-state index contributed by atoms with van der Waals surface area (Å²) in [5, 5.41) is 8.62. The molecule has 8 heteroatoms. The Morgan fingerprint density at radius 1 is 1.14 bits per heavy atom. The first kappa shape index (κ1) is 18.4. The molecule has 1 aliphatic rings. The number of benzene rings is 2. The van der Waals surface area contributed by atoms with Crippen LogP contribution < -0.4 is 9.47 Å². The quantitative estimate of drug-likeness (QED) is 0.609. The van der Waals surface area contributed by atoms with E-state index in [2.05, 4.69) is 10.2 Å². The highest BCUT2D eigenvalue weighted by Crippen LogP contribution is 2.36. The van der Waals surface area contributed by atoms with Crippen LogP contribution in [-0.2, 0) is 5.75 Å². The molecule has 1 amide bonds. The minimum Gasteiger partial charge on any atom is -0.485 e. The minimum atomic E-state index is -0.433. The number of ether oxygens (including phenoxy) is 2. The molecule has 0 bridgehead atoms. The molecule has 1 aliphatic heterocycles. The normalized spacial score (nSPS) is 15.3. The lowest BCUT2D eigenvalue weighted by Crippen LogP contribution is -2.21. The van der Waals surface area contributed by atoms with Gasteiger partial charge in [0.05, 0.1) is 0 Å². The van der Waals surface area contributed by atoms with Crippen molar-refractivity contribution in [3.8, 4) is 11.5 Å². The van der Waals surface area contributed by atoms with Crippen LogP contribution in [0.3, 0.4) is 0 Å². The summed E-state index contributed by atoms with van der Waals surface area (Å²) in [6.45, 7) is 0.317. The van der Waals surface area contributed by atoms with E-state index >= 15 is 0 Å². The van der Waals surface area contributed by atoms with E-state index in [4.69, 9.17) is 13.9 Å². The average molecular weight is 397 g/mol. The van der Waals surface area contributed by atoms with Crippen LogP contribution >= 0.6 is 11.8 Å². The Kier molecular flexibility index (Phi) is 5.21. The molecular formula is C20H19N3O4S. The van der Waals surface area contributed by atoms with Crippen molar-refractivity contribution in [3.05, 3.63) is 65.5 Å². The molecule has 1 unspecified atom stereocenters. The third-order valence-corrected chi connectivity index (χ3v) is 5.04. The van der Waals surface area contributed by atoms with Gasteiger partial charge in [-0.3, -0.25) is 4.79 Å². The summed E-state index contributed by atoms with van der Waals surface area (Å²) in [5.74, 6) is 2.34. The third-order valence-electron chi connectivity index (χ3n) is 4.15. The van der Waals surface area contributed by atoms with Gasteiger partial charge in [-0.15, -0.1) is 10.2 Å². The van der Waals surface area contributed by atoms with Crippen molar-refractivity contribution >= 4 is 17.7 Å². The zero-order valence-electron chi connectivity index (χ0n) is 15.5. The Morgan fingerprint density at radius 2 is 1.96 bits per heavy atom. The molecule has 2 heterocycles. The number of carbonyl (C=O) groups is 1. The molecule has 7 nitrogen and oxygen atoms in total. The molecule has 4 rings (SSSR count). The lowest BCUT2D eigenvalue weighted by molar-refractivity contribution is 0.0686. The van der Waals surface area contributed by atoms with Crippen LogP contribution in [0.4, 0.5) is 0 Å². The maximum Gasteiger partial charge on any atom is 0.277 e. The van der Waals surface area contributed by atoms with E-state index < -0.39 is 6.10 Å². The predicted octanol–water partition coefficient (Wildman–Crippen LogP) is 3.58. The SMILES string of the molecule is CN(C)C(=O)c1cccc(CSc2nnc(C3COc4ccccc4O3)o2)c1. The minimum absolute atomic E-state index is 0.0262. The Bertz CT molecular complexity index is 989. The van der Waals surface area contributed by atoms with Crippen LogP contribution in [0, 0.1) is 0 Å². The second kappa shape index (κ2) is 7.93. The smallest absolute Gasteiger partial charge is 0.277 e. The first-order valence-corrected chi connectivity index (χ1v) is 9.74. The van der Waals surface area contributed by atoms with Crippen molar-refractivity contribution in [1.29, 1.82) is 0 Å². The summed E-state index contributed by atoms with van der Waals surface area (Å²) in [5.41, 5.74) is 1.66. The molecule has 2 aromatic carbocycles. The number of fused-ring (bicyclic) bond motifs is 1. The zero-order chi connectivity index (χ0) is 19.5. The maximum absolute atomic E-state index is 12.1. The fourth-order valence-corrected chi connectivity index (χ4v) is 3.46. The molecule has 144 valence electrons. The second-order valence-electron chi connectivity index (χ2n) is 6.46. The molecule has 0 N–H and O–H groups in total. The van der Waals surface area contributed by atoms with Gasteiger partial charge in [0.1, 0.15) is 6.61 Å². The number of nitrogens with zero attached hydrogens (tertiary/aromatic N) is 3. The number of para-hydroxylation sites is 2. The van der Waals surface area contributed by atoms with Crippen LogP contribution in [-0.4, -0.2) is 41.7 Å². The van der Waals surface area contributed by atoms with Gasteiger partial charge in [0.25, 0.3) is 17.0 Å². The number of hydrogen-bond donors (Lipinski definition) is 0. The monoisotopic (exact) mass is 397 g/mol. The van der Waals surface area contributed by atoms with Crippen molar-refractivity contribution in [3.63, 3.8) is 0 Å². The summed E-state index contributed by atoms with van der Waals surface area (Å²) in [6, 6.07) is 15.0. The average Bonchev–Trinajstić information content (AvgIpc) is 3.20. The van der Waals surface area contributed by atoms with Crippen molar-refractivity contribution in [2.24, 2.45) is 0 Å². The Hall–Kier alpha value is -3.00. The van der Waals surface area contributed by atoms with E-state index in [-0.39, 0.29) is 5.91 Å². The molecule has 0 saturated heterocycles. The third kappa shape index (κ3) is 3.96. The van der Waals surface area contributed by atoms with E-state index in [9.17, 15) is 4.79 Å². The summed E-state index contributed by atoms with van der Waals surface area (Å²) in [6.07, 6.45) is -0.433. The summed E-state index contributed by atoms with van der Waals surface area (Å²) >= 11 is 1.41.